The molecule has 146 valence electrons. The number of rotatable bonds is 5. The summed E-state index contributed by atoms with van der Waals surface area (Å²) in [6, 6.07) is 7.46. The number of carbonyl (C=O) groups is 1. The minimum Gasteiger partial charge on any atom is -0.368 e. The number of benzene rings is 1. The van der Waals surface area contributed by atoms with Crippen molar-refractivity contribution < 1.29 is 4.79 Å². The van der Waals surface area contributed by atoms with Crippen molar-refractivity contribution in [1.82, 2.24) is 9.97 Å². The fraction of sp³-hybridized carbons (Fsp3) is 0.350. The number of thioether (sulfide) groups is 1. The van der Waals surface area contributed by atoms with Crippen molar-refractivity contribution in [3.63, 3.8) is 0 Å². The summed E-state index contributed by atoms with van der Waals surface area (Å²) in [7, 11) is 0. The molecule has 4 rings (SSSR count). The number of amides is 1. The van der Waals surface area contributed by atoms with E-state index in [-0.39, 0.29) is 11.9 Å². The molecule has 5 nitrogen and oxygen atoms in total. The van der Waals surface area contributed by atoms with E-state index >= 15 is 0 Å². The maximum Gasteiger partial charge on any atom is 0.240 e. The third-order valence-corrected chi connectivity index (χ3v) is 7.45. The van der Waals surface area contributed by atoms with Crippen LogP contribution >= 0.6 is 34.7 Å². The van der Waals surface area contributed by atoms with Crippen molar-refractivity contribution in [3.05, 3.63) is 45.6 Å². The molecule has 0 radical (unpaired) electrons. The molecule has 0 spiro atoms. The Kier molecular flexibility index (Phi) is 5.49. The van der Waals surface area contributed by atoms with Crippen LogP contribution in [-0.2, 0) is 10.5 Å². The average molecular weight is 433 g/mol. The van der Waals surface area contributed by atoms with E-state index in [4.69, 9.17) is 27.3 Å². The summed E-state index contributed by atoms with van der Waals surface area (Å²) in [5.41, 5.74) is 6.84. The maximum absolute atomic E-state index is 12.0. The van der Waals surface area contributed by atoms with Gasteiger partial charge in [-0.25, -0.2) is 9.97 Å². The van der Waals surface area contributed by atoms with Crippen LogP contribution < -0.4 is 10.6 Å². The standard InChI is InChI=1S/C20H21ClN4OS2/c1-11-12(2)28-20-17(11)19(25-9-3-4-15(25)18(22)26)23-16(24-20)10-27-14-7-5-13(21)6-8-14/h5-8,15H,3-4,9-10H2,1-2H3,(H2,22,26)/t15-/m1/s1. The lowest BCUT2D eigenvalue weighted by molar-refractivity contribution is -0.119. The number of primary amides is 1. The van der Waals surface area contributed by atoms with E-state index in [1.807, 2.05) is 24.3 Å². The first-order valence-corrected chi connectivity index (χ1v) is 11.3. The summed E-state index contributed by atoms with van der Waals surface area (Å²) in [5, 5.41) is 1.77. The van der Waals surface area contributed by atoms with Crippen LogP contribution in [0.15, 0.2) is 29.2 Å². The van der Waals surface area contributed by atoms with Crippen molar-refractivity contribution in [2.45, 2.75) is 43.4 Å². The molecule has 0 bridgehead atoms. The number of fused-ring (bicyclic) bond motifs is 1. The van der Waals surface area contributed by atoms with Gasteiger partial charge in [0, 0.05) is 21.3 Å². The second kappa shape index (κ2) is 7.89. The molecular weight excluding hydrogens is 412 g/mol. The van der Waals surface area contributed by atoms with Gasteiger partial charge in [0.05, 0.1) is 11.1 Å². The molecular formula is C20H21ClN4OS2. The first-order chi connectivity index (χ1) is 13.4. The maximum atomic E-state index is 12.0. The van der Waals surface area contributed by atoms with Gasteiger partial charge in [0.15, 0.2) is 0 Å². The molecule has 28 heavy (non-hydrogen) atoms. The van der Waals surface area contributed by atoms with Gasteiger partial charge in [0.25, 0.3) is 0 Å². The van der Waals surface area contributed by atoms with Gasteiger partial charge in [-0.15, -0.1) is 23.1 Å². The zero-order valence-electron chi connectivity index (χ0n) is 15.7. The van der Waals surface area contributed by atoms with Crippen molar-refractivity contribution in [3.8, 4) is 0 Å². The Bertz CT molecular complexity index is 1030. The molecule has 8 heteroatoms. The quantitative estimate of drug-likeness (QED) is 0.591. The molecule has 1 fully saturated rings. The zero-order chi connectivity index (χ0) is 19.8. The number of nitrogens with zero attached hydrogens (tertiary/aromatic N) is 3. The number of carbonyl (C=O) groups excluding carboxylic acids is 1. The Morgan fingerprint density at radius 1 is 1.32 bits per heavy atom. The molecule has 0 saturated carbocycles. The highest BCUT2D eigenvalue weighted by molar-refractivity contribution is 7.98. The normalized spacial score (nSPS) is 16.8. The SMILES string of the molecule is Cc1sc2nc(CSc3ccc(Cl)cc3)nc(N3CCC[C@@H]3C(N)=O)c2c1C. The molecule has 3 heterocycles. The van der Waals surface area contributed by atoms with Gasteiger partial charge in [0.1, 0.15) is 22.5 Å². The number of halogens is 1. The summed E-state index contributed by atoms with van der Waals surface area (Å²) in [5.74, 6) is 1.97. The molecule has 0 aliphatic carbocycles. The van der Waals surface area contributed by atoms with E-state index < -0.39 is 0 Å². The fourth-order valence-electron chi connectivity index (χ4n) is 3.54. The molecule has 1 aliphatic rings. The Labute approximate surface area is 177 Å². The van der Waals surface area contributed by atoms with Crippen LogP contribution in [0.5, 0.6) is 0 Å². The van der Waals surface area contributed by atoms with Crippen molar-refractivity contribution in [2.75, 3.05) is 11.4 Å². The Hall–Kier alpha value is -1.83. The van der Waals surface area contributed by atoms with Gasteiger partial charge in [0.2, 0.25) is 5.91 Å². The summed E-state index contributed by atoms with van der Waals surface area (Å²) in [4.78, 5) is 27.0. The fourth-order valence-corrected chi connectivity index (χ4v) is 5.46. The van der Waals surface area contributed by atoms with Crippen LogP contribution in [0.4, 0.5) is 5.82 Å². The largest absolute Gasteiger partial charge is 0.368 e. The third-order valence-electron chi connectivity index (χ3n) is 5.09. The van der Waals surface area contributed by atoms with E-state index in [1.165, 1.54) is 10.4 Å². The molecule has 2 N–H and O–H groups in total. The highest BCUT2D eigenvalue weighted by Crippen LogP contribution is 2.38. The van der Waals surface area contributed by atoms with Gasteiger partial charge in [-0.05, 0) is 56.5 Å². The predicted molar refractivity (Wildman–Crippen MR) is 117 cm³/mol. The number of hydrogen-bond acceptors (Lipinski definition) is 6. The molecule has 1 aliphatic heterocycles. The van der Waals surface area contributed by atoms with E-state index in [9.17, 15) is 4.79 Å². The molecule has 1 atom stereocenters. The monoisotopic (exact) mass is 432 g/mol. The zero-order valence-corrected chi connectivity index (χ0v) is 18.1. The second-order valence-corrected chi connectivity index (χ2v) is 9.61. The minimum atomic E-state index is -0.297. The molecule has 1 amide bonds. The van der Waals surface area contributed by atoms with E-state index in [2.05, 4.69) is 18.7 Å². The van der Waals surface area contributed by atoms with E-state index in [1.54, 1.807) is 23.1 Å². The van der Waals surface area contributed by atoms with Crippen LogP contribution in [0.1, 0.15) is 29.1 Å². The van der Waals surface area contributed by atoms with Crippen LogP contribution in [0.2, 0.25) is 5.02 Å². The van der Waals surface area contributed by atoms with Crippen molar-refractivity contribution in [2.24, 2.45) is 5.73 Å². The predicted octanol–water partition coefficient (Wildman–Crippen LogP) is 4.71. The summed E-state index contributed by atoms with van der Waals surface area (Å²) < 4.78 is 0. The van der Waals surface area contributed by atoms with Crippen LogP contribution in [-0.4, -0.2) is 28.5 Å². The molecule has 2 aromatic heterocycles. The first kappa shape index (κ1) is 19.5. The molecule has 0 unspecified atom stereocenters. The molecule has 1 saturated heterocycles. The molecule has 3 aromatic rings. The Morgan fingerprint density at radius 2 is 2.07 bits per heavy atom. The lowest BCUT2D eigenvalue weighted by Gasteiger charge is -2.24. The number of anilines is 1. The lowest BCUT2D eigenvalue weighted by atomic mass is 10.1. The van der Waals surface area contributed by atoms with Gasteiger partial charge in [-0.1, -0.05) is 11.6 Å². The summed E-state index contributed by atoms with van der Waals surface area (Å²) in [6.07, 6.45) is 1.72. The molecule has 1 aromatic carbocycles. The average Bonchev–Trinajstić information content (AvgIpc) is 3.26. The van der Waals surface area contributed by atoms with Crippen LogP contribution in [0.3, 0.4) is 0 Å². The highest BCUT2D eigenvalue weighted by Gasteiger charge is 2.32. The lowest BCUT2D eigenvalue weighted by Crippen LogP contribution is -2.41. The summed E-state index contributed by atoms with van der Waals surface area (Å²) >= 11 is 9.32. The topological polar surface area (TPSA) is 72.1 Å². The number of aryl methyl sites for hydroxylation is 2. The Morgan fingerprint density at radius 3 is 2.79 bits per heavy atom. The third kappa shape index (κ3) is 3.71. The summed E-state index contributed by atoms with van der Waals surface area (Å²) in [6.45, 7) is 4.99. The minimum absolute atomic E-state index is 0.286. The number of hydrogen-bond donors (Lipinski definition) is 1. The first-order valence-electron chi connectivity index (χ1n) is 9.15. The van der Waals surface area contributed by atoms with Crippen molar-refractivity contribution in [1.29, 1.82) is 0 Å². The van der Waals surface area contributed by atoms with E-state index in [0.29, 0.717) is 5.75 Å². The number of thiophene rings is 1. The van der Waals surface area contributed by atoms with E-state index in [0.717, 1.165) is 51.2 Å². The van der Waals surface area contributed by atoms with Crippen LogP contribution in [0, 0.1) is 13.8 Å². The number of nitrogens with two attached hydrogens (primary N) is 1. The van der Waals surface area contributed by atoms with Gasteiger partial charge in [-0.2, -0.15) is 0 Å². The Balaban J connectivity index is 1.72. The highest BCUT2D eigenvalue weighted by atomic mass is 35.5. The van der Waals surface area contributed by atoms with Gasteiger partial charge in [-0.3, -0.25) is 4.79 Å². The van der Waals surface area contributed by atoms with Gasteiger partial charge >= 0.3 is 0 Å². The second-order valence-electron chi connectivity index (χ2n) is 6.92. The smallest absolute Gasteiger partial charge is 0.240 e. The van der Waals surface area contributed by atoms with Crippen LogP contribution in [0.25, 0.3) is 10.2 Å². The van der Waals surface area contributed by atoms with Crippen molar-refractivity contribution >= 4 is 56.6 Å². The van der Waals surface area contributed by atoms with Gasteiger partial charge < -0.3 is 10.6 Å². The number of aromatic nitrogens is 2.